The summed E-state index contributed by atoms with van der Waals surface area (Å²) >= 11 is 0. The van der Waals surface area contributed by atoms with Crippen LogP contribution in [0.3, 0.4) is 0 Å². The van der Waals surface area contributed by atoms with Crippen LogP contribution in [-0.2, 0) is 14.3 Å². The monoisotopic (exact) mass is 490 g/mol. The van der Waals surface area contributed by atoms with Gasteiger partial charge in [0.25, 0.3) is 11.7 Å². The molecule has 0 saturated carbocycles. The van der Waals surface area contributed by atoms with Gasteiger partial charge in [-0.3, -0.25) is 18.9 Å². The van der Waals surface area contributed by atoms with Crippen LogP contribution in [0.5, 0.6) is 5.75 Å². The molecule has 1 atom stereocenters. The molecule has 0 aliphatic carbocycles. The standard InChI is InChI=1S/C27H30N4O5/c1-18-23(30-11-4-3-9-21(30)28-18)25(32)22-24(19-7-5-8-20(17-19)35-2)31(27(34)26(22)33)12-6-10-29-13-15-36-16-14-29/h3-5,7-9,11,17,24,32H,6,10,12-16H2,1-2H3/b25-22+/t24-/m0/s1. The zero-order valence-corrected chi connectivity index (χ0v) is 20.5. The maximum absolute atomic E-state index is 13.4. The Hall–Kier alpha value is -3.69. The van der Waals surface area contributed by atoms with Crippen molar-refractivity contribution in [3.8, 4) is 5.75 Å². The van der Waals surface area contributed by atoms with E-state index in [1.54, 1.807) is 35.6 Å². The molecule has 0 unspecified atom stereocenters. The number of benzene rings is 1. The Morgan fingerprint density at radius 3 is 2.72 bits per heavy atom. The third kappa shape index (κ3) is 4.36. The van der Waals surface area contributed by atoms with Crippen LogP contribution in [0.4, 0.5) is 0 Å². The third-order valence-corrected chi connectivity index (χ3v) is 6.86. The number of carbonyl (C=O) groups excluding carboxylic acids is 2. The number of ether oxygens (including phenoxy) is 2. The van der Waals surface area contributed by atoms with Crippen LogP contribution in [0.15, 0.2) is 54.2 Å². The number of ketones is 1. The Morgan fingerprint density at radius 1 is 1.14 bits per heavy atom. The number of fused-ring (bicyclic) bond motifs is 1. The van der Waals surface area contributed by atoms with E-state index in [9.17, 15) is 14.7 Å². The zero-order chi connectivity index (χ0) is 25.2. The average molecular weight is 491 g/mol. The normalized spacial score (nSPS) is 20.4. The summed E-state index contributed by atoms with van der Waals surface area (Å²) in [5.41, 5.74) is 2.39. The first-order chi connectivity index (χ1) is 17.5. The van der Waals surface area contributed by atoms with Crippen LogP contribution in [0.1, 0.15) is 29.4 Å². The molecule has 0 spiro atoms. The van der Waals surface area contributed by atoms with Crippen molar-refractivity contribution >= 4 is 23.1 Å². The first kappa shape index (κ1) is 24.0. The summed E-state index contributed by atoms with van der Waals surface area (Å²) in [6.07, 6.45) is 2.48. The maximum atomic E-state index is 13.4. The van der Waals surface area contributed by atoms with E-state index in [2.05, 4.69) is 9.88 Å². The Balaban J connectivity index is 1.56. The van der Waals surface area contributed by atoms with Crippen molar-refractivity contribution in [1.82, 2.24) is 19.2 Å². The number of rotatable bonds is 7. The minimum atomic E-state index is -0.738. The number of hydrogen-bond donors (Lipinski definition) is 1. The second-order valence-corrected chi connectivity index (χ2v) is 9.05. The average Bonchev–Trinajstić information content (AvgIpc) is 3.37. The highest BCUT2D eigenvalue weighted by Gasteiger charge is 2.46. The van der Waals surface area contributed by atoms with Crippen molar-refractivity contribution in [1.29, 1.82) is 0 Å². The smallest absolute Gasteiger partial charge is 0.295 e. The second-order valence-electron chi connectivity index (χ2n) is 9.05. The third-order valence-electron chi connectivity index (χ3n) is 6.86. The summed E-state index contributed by atoms with van der Waals surface area (Å²) in [7, 11) is 1.57. The number of pyridine rings is 1. The largest absolute Gasteiger partial charge is 0.505 e. The number of hydrogen-bond acceptors (Lipinski definition) is 7. The van der Waals surface area contributed by atoms with E-state index in [0.29, 0.717) is 54.5 Å². The number of aromatic nitrogens is 2. The van der Waals surface area contributed by atoms with E-state index in [1.165, 1.54) is 0 Å². The highest BCUT2D eigenvalue weighted by molar-refractivity contribution is 6.46. The molecule has 2 fully saturated rings. The van der Waals surface area contributed by atoms with Gasteiger partial charge in [-0.15, -0.1) is 0 Å². The number of aliphatic hydroxyl groups excluding tert-OH is 1. The van der Waals surface area contributed by atoms with E-state index in [4.69, 9.17) is 9.47 Å². The summed E-state index contributed by atoms with van der Waals surface area (Å²) in [6.45, 7) is 6.06. The van der Waals surface area contributed by atoms with Crippen molar-refractivity contribution < 1.29 is 24.2 Å². The van der Waals surface area contributed by atoms with Crippen LogP contribution in [-0.4, -0.2) is 82.5 Å². The number of likely N-dealkylation sites (tertiary alicyclic amines) is 1. The molecule has 2 aliphatic rings. The number of Topliss-reactive ketones (excluding diaryl/α,β-unsaturated/α-hetero) is 1. The van der Waals surface area contributed by atoms with Gasteiger partial charge in [0.1, 0.15) is 17.1 Å². The highest BCUT2D eigenvalue weighted by atomic mass is 16.5. The van der Waals surface area contributed by atoms with Gasteiger partial charge < -0.3 is 19.5 Å². The molecule has 2 aliphatic heterocycles. The van der Waals surface area contributed by atoms with Gasteiger partial charge in [-0.05, 0) is 43.2 Å². The van der Waals surface area contributed by atoms with Gasteiger partial charge in [-0.1, -0.05) is 18.2 Å². The van der Waals surface area contributed by atoms with E-state index < -0.39 is 17.7 Å². The lowest BCUT2D eigenvalue weighted by Crippen LogP contribution is -2.38. The molecule has 9 heteroatoms. The summed E-state index contributed by atoms with van der Waals surface area (Å²) in [5, 5.41) is 11.5. The maximum Gasteiger partial charge on any atom is 0.295 e. The van der Waals surface area contributed by atoms with Crippen LogP contribution in [0, 0.1) is 6.92 Å². The van der Waals surface area contributed by atoms with Crippen LogP contribution in [0.25, 0.3) is 11.4 Å². The molecule has 5 rings (SSSR count). The molecule has 188 valence electrons. The minimum Gasteiger partial charge on any atom is -0.505 e. The molecular weight excluding hydrogens is 460 g/mol. The van der Waals surface area contributed by atoms with Gasteiger partial charge in [-0.25, -0.2) is 4.98 Å². The highest BCUT2D eigenvalue weighted by Crippen LogP contribution is 2.40. The first-order valence-corrected chi connectivity index (χ1v) is 12.2. The lowest BCUT2D eigenvalue weighted by molar-refractivity contribution is -0.140. The van der Waals surface area contributed by atoms with Gasteiger partial charge in [-0.2, -0.15) is 0 Å². The first-order valence-electron chi connectivity index (χ1n) is 12.2. The molecule has 36 heavy (non-hydrogen) atoms. The lowest BCUT2D eigenvalue weighted by atomic mass is 9.96. The van der Waals surface area contributed by atoms with E-state index in [-0.39, 0.29) is 11.3 Å². The minimum absolute atomic E-state index is 0.0633. The Bertz CT molecular complexity index is 1320. The number of imidazole rings is 1. The van der Waals surface area contributed by atoms with Crippen molar-refractivity contribution in [2.75, 3.05) is 46.5 Å². The number of methoxy groups -OCH3 is 1. The summed E-state index contributed by atoms with van der Waals surface area (Å²) in [4.78, 5) is 35.1. The fraction of sp³-hybridized carbons (Fsp3) is 0.370. The van der Waals surface area contributed by atoms with Crippen LogP contribution >= 0.6 is 0 Å². The van der Waals surface area contributed by atoms with Crippen molar-refractivity contribution in [3.05, 3.63) is 71.2 Å². The van der Waals surface area contributed by atoms with E-state index >= 15 is 0 Å². The van der Waals surface area contributed by atoms with Crippen LogP contribution < -0.4 is 4.74 Å². The quantitative estimate of drug-likeness (QED) is 0.309. The summed E-state index contributed by atoms with van der Waals surface area (Å²) in [5.74, 6) is -0.930. The molecule has 1 amide bonds. The van der Waals surface area contributed by atoms with Gasteiger partial charge in [0.15, 0.2) is 5.76 Å². The van der Waals surface area contributed by atoms with Gasteiger partial charge >= 0.3 is 0 Å². The summed E-state index contributed by atoms with van der Waals surface area (Å²) in [6, 6.07) is 12.1. The van der Waals surface area contributed by atoms with Crippen molar-refractivity contribution in [2.24, 2.45) is 0 Å². The SMILES string of the molecule is COc1cccc([C@H]2/C(=C(\O)c3c(C)nc4ccccn34)C(=O)C(=O)N2CCCN2CCOCC2)c1. The molecular formula is C27H30N4O5. The lowest BCUT2D eigenvalue weighted by Gasteiger charge is -2.29. The predicted octanol–water partition coefficient (Wildman–Crippen LogP) is 2.80. The molecule has 2 aromatic heterocycles. The molecule has 3 aromatic rings. The number of carbonyl (C=O) groups is 2. The van der Waals surface area contributed by atoms with E-state index in [0.717, 1.165) is 19.6 Å². The molecule has 2 saturated heterocycles. The molecule has 1 N–H and O–H groups in total. The molecule has 0 bridgehead atoms. The Labute approximate surface area is 209 Å². The Morgan fingerprint density at radius 2 is 1.94 bits per heavy atom. The number of aliphatic hydroxyl groups is 1. The molecule has 4 heterocycles. The topological polar surface area (TPSA) is 96.6 Å². The fourth-order valence-corrected chi connectivity index (χ4v) is 5.08. The van der Waals surface area contributed by atoms with Gasteiger partial charge in [0, 0.05) is 32.4 Å². The van der Waals surface area contributed by atoms with Crippen LogP contribution in [0.2, 0.25) is 0 Å². The van der Waals surface area contributed by atoms with Gasteiger partial charge in [0.05, 0.1) is 37.6 Å². The predicted molar refractivity (Wildman–Crippen MR) is 134 cm³/mol. The second kappa shape index (κ2) is 10.1. The molecule has 1 aromatic carbocycles. The Kier molecular flexibility index (Phi) is 6.75. The number of amides is 1. The number of nitrogens with zero attached hydrogens (tertiary/aromatic N) is 4. The van der Waals surface area contributed by atoms with Crippen molar-refractivity contribution in [3.63, 3.8) is 0 Å². The number of aryl methyl sites for hydroxylation is 1. The molecule has 9 nitrogen and oxygen atoms in total. The molecule has 0 radical (unpaired) electrons. The summed E-state index contributed by atoms with van der Waals surface area (Å²) < 4.78 is 12.6. The fourth-order valence-electron chi connectivity index (χ4n) is 5.08. The van der Waals surface area contributed by atoms with E-state index in [1.807, 2.05) is 36.4 Å². The zero-order valence-electron chi connectivity index (χ0n) is 20.5. The van der Waals surface area contributed by atoms with Gasteiger partial charge in [0.2, 0.25) is 0 Å². The van der Waals surface area contributed by atoms with Crippen molar-refractivity contribution in [2.45, 2.75) is 19.4 Å². The number of morpholine rings is 1.